The molecule has 124 valence electrons. The van der Waals surface area contributed by atoms with E-state index >= 15 is 0 Å². The molecule has 0 aliphatic carbocycles. The highest BCUT2D eigenvalue weighted by atomic mass is 16.5. The van der Waals surface area contributed by atoms with E-state index in [9.17, 15) is 0 Å². The molecule has 0 unspecified atom stereocenters. The molecule has 0 spiro atoms. The molecule has 2 aromatic carbocycles. The molecule has 1 aliphatic rings. The van der Waals surface area contributed by atoms with Crippen LogP contribution in [0, 0.1) is 0 Å². The van der Waals surface area contributed by atoms with E-state index in [4.69, 9.17) is 4.74 Å². The summed E-state index contributed by atoms with van der Waals surface area (Å²) in [7, 11) is 1.69. The number of para-hydroxylation sites is 2. The van der Waals surface area contributed by atoms with Gasteiger partial charge in [0, 0.05) is 30.6 Å². The predicted molar refractivity (Wildman–Crippen MR) is 101 cm³/mol. The molecule has 24 heavy (non-hydrogen) atoms. The highest BCUT2D eigenvalue weighted by molar-refractivity contribution is 5.79. The van der Waals surface area contributed by atoms with E-state index in [-0.39, 0.29) is 0 Å². The number of allylic oxidation sites excluding steroid dienone is 1. The number of hydrazone groups is 1. The average Bonchev–Trinajstić information content (AvgIpc) is 2.67. The van der Waals surface area contributed by atoms with Crippen LogP contribution in [0.1, 0.15) is 5.56 Å². The van der Waals surface area contributed by atoms with Gasteiger partial charge in [0.15, 0.2) is 0 Å². The first-order valence-electron chi connectivity index (χ1n) is 8.25. The monoisotopic (exact) mass is 321 g/mol. The minimum absolute atomic E-state index is 0.874. The Morgan fingerprint density at radius 2 is 1.62 bits per heavy atom. The Morgan fingerprint density at radius 3 is 2.38 bits per heavy atom. The number of methoxy groups -OCH3 is 1. The first kappa shape index (κ1) is 16.1. The van der Waals surface area contributed by atoms with Crippen molar-refractivity contribution in [2.24, 2.45) is 5.10 Å². The lowest BCUT2D eigenvalue weighted by Crippen LogP contribution is -2.44. The molecule has 1 heterocycles. The third-order valence-electron chi connectivity index (χ3n) is 4.11. The molecule has 0 amide bonds. The van der Waals surface area contributed by atoms with Gasteiger partial charge in [-0.1, -0.05) is 36.4 Å². The van der Waals surface area contributed by atoms with Crippen molar-refractivity contribution in [3.8, 4) is 5.75 Å². The Balaban J connectivity index is 1.51. The summed E-state index contributed by atoms with van der Waals surface area (Å²) in [6.07, 6.45) is 5.83. The van der Waals surface area contributed by atoms with Crippen LogP contribution in [0.4, 0.5) is 5.69 Å². The van der Waals surface area contributed by atoms with Crippen LogP contribution in [-0.4, -0.2) is 44.5 Å². The van der Waals surface area contributed by atoms with Gasteiger partial charge in [-0.15, -0.1) is 0 Å². The Labute approximate surface area is 143 Å². The number of nitrogens with zero attached hydrogens (tertiary/aromatic N) is 3. The van der Waals surface area contributed by atoms with E-state index in [1.807, 2.05) is 42.6 Å². The lowest BCUT2D eigenvalue weighted by atomic mass is 10.2. The normalized spacial score (nSPS) is 15.4. The summed E-state index contributed by atoms with van der Waals surface area (Å²) in [4.78, 5) is 2.40. The van der Waals surface area contributed by atoms with Gasteiger partial charge in [0.05, 0.1) is 20.2 Å². The summed E-state index contributed by atoms with van der Waals surface area (Å²) in [5, 5.41) is 6.65. The molecule has 0 atom stereocenters. The third kappa shape index (κ3) is 4.16. The molecule has 2 aromatic rings. The zero-order valence-electron chi connectivity index (χ0n) is 14.0. The zero-order valence-corrected chi connectivity index (χ0v) is 14.0. The van der Waals surface area contributed by atoms with Gasteiger partial charge in [-0.2, -0.15) is 5.10 Å². The molecule has 0 aromatic heterocycles. The largest absolute Gasteiger partial charge is 0.496 e. The lowest BCUT2D eigenvalue weighted by Gasteiger charge is -2.34. The van der Waals surface area contributed by atoms with Crippen molar-refractivity contribution in [2.75, 3.05) is 38.2 Å². The molecule has 3 rings (SSSR count). The van der Waals surface area contributed by atoms with Crippen molar-refractivity contribution in [3.05, 3.63) is 66.2 Å². The van der Waals surface area contributed by atoms with Gasteiger partial charge in [0.1, 0.15) is 5.75 Å². The third-order valence-corrected chi connectivity index (χ3v) is 4.11. The van der Waals surface area contributed by atoms with Crippen LogP contribution in [0.15, 0.2) is 65.8 Å². The molecule has 1 saturated heterocycles. The van der Waals surface area contributed by atoms with Gasteiger partial charge in [0.25, 0.3) is 0 Å². The highest BCUT2D eigenvalue weighted by Crippen LogP contribution is 2.18. The summed E-state index contributed by atoms with van der Waals surface area (Å²) in [5.41, 5.74) is 2.34. The van der Waals surface area contributed by atoms with Crippen molar-refractivity contribution in [2.45, 2.75) is 0 Å². The summed E-state index contributed by atoms with van der Waals surface area (Å²) in [5.74, 6) is 0.874. The molecule has 0 saturated carbocycles. The second-order valence-corrected chi connectivity index (χ2v) is 5.64. The van der Waals surface area contributed by atoms with Gasteiger partial charge < -0.3 is 9.64 Å². The number of hydrogen-bond acceptors (Lipinski definition) is 4. The fraction of sp³-hybridized carbons (Fsp3) is 0.250. The summed E-state index contributed by atoms with van der Waals surface area (Å²) in [6, 6.07) is 18.5. The minimum Gasteiger partial charge on any atom is -0.496 e. The molecular weight excluding hydrogens is 298 g/mol. The molecule has 1 aliphatic heterocycles. The number of rotatable bonds is 5. The van der Waals surface area contributed by atoms with Crippen LogP contribution in [0.25, 0.3) is 6.08 Å². The van der Waals surface area contributed by atoms with Crippen LogP contribution in [0.2, 0.25) is 0 Å². The number of hydrogen-bond donors (Lipinski definition) is 0. The number of ether oxygens (including phenoxy) is 1. The molecule has 4 heteroatoms. The van der Waals surface area contributed by atoms with Crippen molar-refractivity contribution in [1.82, 2.24) is 5.01 Å². The first-order chi connectivity index (χ1) is 11.9. The highest BCUT2D eigenvalue weighted by Gasteiger charge is 2.14. The average molecular weight is 321 g/mol. The van der Waals surface area contributed by atoms with Gasteiger partial charge in [0.2, 0.25) is 0 Å². The van der Waals surface area contributed by atoms with Crippen LogP contribution >= 0.6 is 0 Å². The van der Waals surface area contributed by atoms with E-state index in [0.717, 1.165) is 37.5 Å². The molecule has 0 N–H and O–H groups in total. The Kier molecular flexibility index (Phi) is 5.51. The van der Waals surface area contributed by atoms with Crippen LogP contribution in [-0.2, 0) is 0 Å². The van der Waals surface area contributed by atoms with Crippen molar-refractivity contribution in [1.29, 1.82) is 0 Å². The van der Waals surface area contributed by atoms with Crippen molar-refractivity contribution >= 4 is 18.0 Å². The SMILES string of the molecule is COc1ccccc1/C=C/C=N\N1CCN(c2ccccc2)CC1. The van der Waals surface area contributed by atoms with Gasteiger partial charge in [-0.3, -0.25) is 5.01 Å². The van der Waals surface area contributed by atoms with Gasteiger partial charge >= 0.3 is 0 Å². The Morgan fingerprint density at radius 1 is 0.917 bits per heavy atom. The first-order valence-corrected chi connectivity index (χ1v) is 8.25. The van der Waals surface area contributed by atoms with Crippen LogP contribution in [0.3, 0.4) is 0 Å². The molecule has 0 radical (unpaired) electrons. The topological polar surface area (TPSA) is 28.1 Å². The second-order valence-electron chi connectivity index (χ2n) is 5.64. The molecule has 4 nitrogen and oxygen atoms in total. The number of anilines is 1. The Hall–Kier alpha value is -2.75. The summed E-state index contributed by atoms with van der Waals surface area (Å²) < 4.78 is 5.33. The summed E-state index contributed by atoms with van der Waals surface area (Å²) >= 11 is 0. The maximum Gasteiger partial charge on any atom is 0.126 e. The maximum atomic E-state index is 5.33. The van der Waals surface area contributed by atoms with Crippen molar-refractivity contribution in [3.63, 3.8) is 0 Å². The number of piperazine rings is 1. The smallest absolute Gasteiger partial charge is 0.126 e. The van der Waals surface area contributed by atoms with Gasteiger partial charge in [-0.05, 0) is 30.4 Å². The molecule has 0 bridgehead atoms. The molecule has 1 fully saturated rings. The quantitative estimate of drug-likeness (QED) is 0.789. The van der Waals surface area contributed by atoms with Crippen LogP contribution in [0.5, 0.6) is 5.75 Å². The van der Waals surface area contributed by atoms with E-state index in [2.05, 4.69) is 45.3 Å². The predicted octanol–water partition coefficient (Wildman–Crippen LogP) is 3.52. The maximum absolute atomic E-state index is 5.33. The number of benzene rings is 2. The standard InChI is InChI=1S/C20H23N3O/c1-24-20-12-6-5-8-18(20)9-7-13-21-23-16-14-22(15-17-23)19-10-3-2-4-11-19/h2-13H,14-17H2,1H3/b9-7+,21-13-. The molecular formula is C20H23N3O. The fourth-order valence-corrected chi connectivity index (χ4v) is 2.79. The second kappa shape index (κ2) is 8.20. The Bertz CT molecular complexity index is 689. The zero-order chi connectivity index (χ0) is 16.6. The summed E-state index contributed by atoms with van der Waals surface area (Å²) in [6.45, 7) is 3.87. The van der Waals surface area contributed by atoms with E-state index in [0.29, 0.717) is 0 Å². The van der Waals surface area contributed by atoms with E-state index < -0.39 is 0 Å². The van der Waals surface area contributed by atoms with Gasteiger partial charge in [-0.25, -0.2) is 0 Å². The van der Waals surface area contributed by atoms with Crippen LogP contribution < -0.4 is 9.64 Å². The minimum atomic E-state index is 0.874. The lowest BCUT2D eigenvalue weighted by molar-refractivity contribution is 0.272. The van der Waals surface area contributed by atoms with E-state index in [1.165, 1.54) is 5.69 Å². The fourth-order valence-electron chi connectivity index (χ4n) is 2.79. The van der Waals surface area contributed by atoms with Crippen molar-refractivity contribution < 1.29 is 4.74 Å². The van der Waals surface area contributed by atoms with E-state index in [1.54, 1.807) is 7.11 Å².